The number of fused-ring (bicyclic) bond motifs is 3. The highest BCUT2D eigenvalue weighted by molar-refractivity contribution is 5.95. The van der Waals surface area contributed by atoms with Gasteiger partial charge < -0.3 is 20.3 Å². The molecule has 2 heterocycles. The topological polar surface area (TPSA) is 83.8 Å². The van der Waals surface area contributed by atoms with E-state index in [1.807, 2.05) is 18.2 Å². The number of piperazine rings is 1. The van der Waals surface area contributed by atoms with E-state index in [0.717, 1.165) is 49.7 Å². The highest BCUT2D eigenvalue weighted by atomic mass is 19.1. The van der Waals surface area contributed by atoms with Crippen LogP contribution in [0.25, 0.3) is 10.9 Å². The van der Waals surface area contributed by atoms with E-state index in [0.29, 0.717) is 58.5 Å². The third-order valence-electron chi connectivity index (χ3n) is 10.9. The lowest BCUT2D eigenvalue weighted by Gasteiger charge is -2.46. The zero-order chi connectivity index (χ0) is 31.0. The van der Waals surface area contributed by atoms with E-state index >= 15 is 0 Å². The van der Waals surface area contributed by atoms with Gasteiger partial charge in [0.2, 0.25) is 0 Å². The Morgan fingerprint density at radius 3 is 2.82 bits per heavy atom. The fourth-order valence-corrected chi connectivity index (χ4v) is 8.11. The number of anilines is 1. The number of hydrogen-bond donors (Lipinski definition) is 2. The molecule has 1 saturated heterocycles. The lowest BCUT2D eigenvalue weighted by atomic mass is 9.60. The molecule has 0 spiro atoms. The molecule has 1 aliphatic heterocycles. The molecular weight excluding hydrogens is 555 g/mol. The molecule has 2 N–H and O–H groups in total. The Kier molecular flexibility index (Phi) is 8.68. The van der Waals surface area contributed by atoms with Crippen molar-refractivity contribution in [1.82, 2.24) is 19.8 Å². The van der Waals surface area contributed by atoms with Crippen LogP contribution in [0.2, 0.25) is 0 Å². The lowest BCUT2D eigenvalue weighted by Crippen LogP contribution is -2.53. The number of aliphatic imine (C=N–C) groups is 1. The quantitative estimate of drug-likeness (QED) is 0.272. The zero-order valence-corrected chi connectivity index (χ0v) is 26.8. The number of benzene rings is 2. The molecule has 0 amide bonds. The lowest BCUT2D eigenvalue weighted by molar-refractivity contribution is 0.0361. The van der Waals surface area contributed by atoms with Crippen LogP contribution in [0.5, 0.6) is 5.75 Å². The predicted octanol–water partition coefficient (Wildman–Crippen LogP) is 5.56. The molecule has 3 aliphatic rings. The Morgan fingerprint density at radius 1 is 1.20 bits per heavy atom. The number of methoxy groups -OCH3 is 1. The van der Waals surface area contributed by atoms with Crippen LogP contribution in [0, 0.1) is 34.9 Å². The Morgan fingerprint density at radius 2 is 2.05 bits per heavy atom. The van der Waals surface area contributed by atoms with Gasteiger partial charge in [-0.25, -0.2) is 9.37 Å². The van der Waals surface area contributed by atoms with Gasteiger partial charge in [-0.1, -0.05) is 26.8 Å². The number of guanidine groups is 1. The summed E-state index contributed by atoms with van der Waals surface area (Å²) in [5, 5.41) is 7.69. The van der Waals surface area contributed by atoms with Crippen LogP contribution in [0.3, 0.4) is 0 Å². The van der Waals surface area contributed by atoms with Gasteiger partial charge in [-0.3, -0.25) is 14.4 Å². The minimum Gasteiger partial charge on any atom is -0.497 e. The molecule has 2 bridgehead atoms. The number of rotatable bonds is 7. The molecular formula is C35H47FN6O2. The van der Waals surface area contributed by atoms with Gasteiger partial charge in [0.25, 0.3) is 5.56 Å². The van der Waals surface area contributed by atoms with Crippen molar-refractivity contribution in [2.75, 3.05) is 38.6 Å². The second-order valence-electron chi connectivity index (χ2n) is 13.8. The maximum atomic E-state index is 14.4. The summed E-state index contributed by atoms with van der Waals surface area (Å²) in [5.41, 5.74) is 2.33. The summed E-state index contributed by atoms with van der Waals surface area (Å²) in [7, 11) is 1.51. The first-order valence-electron chi connectivity index (χ1n) is 16.3. The smallest absolute Gasteiger partial charge is 0.261 e. The van der Waals surface area contributed by atoms with E-state index in [1.165, 1.54) is 32.4 Å². The summed E-state index contributed by atoms with van der Waals surface area (Å²) in [5.74, 6) is 3.88. The molecule has 8 nitrogen and oxygen atoms in total. The van der Waals surface area contributed by atoms with Crippen LogP contribution in [0.15, 0.2) is 52.5 Å². The predicted molar refractivity (Wildman–Crippen MR) is 175 cm³/mol. The molecule has 3 aromatic rings. The van der Waals surface area contributed by atoms with Gasteiger partial charge in [-0.2, -0.15) is 0 Å². The van der Waals surface area contributed by atoms with Gasteiger partial charge in [0.05, 0.1) is 24.3 Å². The van der Waals surface area contributed by atoms with Gasteiger partial charge in [0.15, 0.2) is 5.96 Å². The second kappa shape index (κ2) is 12.5. The van der Waals surface area contributed by atoms with Gasteiger partial charge in [-0.05, 0) is 91.5 Å². The fraction of sp³-hybridized carbons (Fsp3) is 0.571. The first-order valence-corrected chi connectivity index (χ1v) is 16.3. The molecule has 6 rings (SSSR count). The molecule has 0 radical (unpaired) electrons. The average Bonchev–Trinajstić information content (AvgIpc) is 3.18. The number of hydrogen-bond acceptors (Lipinski definition) is 5. The summed E-state index contributed by atoms with van der Waals surface area (Å²) < 4.78 is 21.1. The van der Waals surface area contributed by atoms with Crippen molar-refractivity contribution in [2.24, 2.45) is 34.1 Å². The minimum absolute atomic E-state index is 0.135. The zero-order valence-electron chi connectivity index (χ0n) is 26.8. The SMILES string of the molecule is COc1ccc(CCn2cnc3cc(NC(=NC[C@@H]4C[C@@H]5CC[C@H]([C@H]4C)C5(C)C)N4CCN[C@@H](C)C4)ccc3c2=O)c(F)c1. The van der Waals surface area contributed by atoms with Crippen molar-refractivity contribution in [3.8, 4) is 5.75 Å². The Labute approximate surface area is 260 Å². The van der Waals surface area contributed by atoms with Gasteiger partial charge in [0.1, 0.15) is 11.6 Å². The molecule has 44 heavy (non-hydrogen) atoms. The van der Waals surface area contributed by atoms with E-state index in [-0.39, 0.29) is 11.4 Å². The molecule has 5 atom stereocenters. The number of aromatic nitrogens is 2. The van der Waals surface area contributed by atoms with Gasteiger partial charge in [-0.15, -0.1) is 0 Å². The number of halogens is 1. The Hall–Kier alpha value is -3.46. The van der Waals surface area contributed by atoms with E-state index in [4.69, 9.17) is 9.73 Å². The minimum atomic E-state index is -0.340. The van der Waals surface area contributed by atoms with Crippen molar-refractivity contribution in [3.05, 3.63) is 64.5 Å². The first-order chi connectivity index (χ1) is 21.1. The van der Waals surface area contributed by atoms with E-state index in [2.05, 4.69) is 48.2 Å². The molecule has 1 aromatic heterocycles. The molecule has 9 heteroatoms. The number of ether oxygens (including phenoxy) is 1. The third-order valence-corrected chi connectivity index (χ3v) is 10.9. The standard InChI is InChI=1S/C35H47FN6O2/c1-22-20-41(15-13-37-22)34(38-19-25-16-26-7-11-30(23(25)2)35(26,3)4)40-27-8-10-29-32(17-27)39-21-42(33(29)43)14-12-24-6-9-28(44-5)18-31(24)36/h6,8-10,17-18,21-23,25-26,30,37H,7,11-16,19-20H2,1-5H3,(H,38,40)/t22-,23-,25-,26-,30+/m0/s1. The molecule has 0 unspecified atom stereocenters. The number of nitrogens with one attached hydrogen (secondary N) is 2. The maximum Gasteiger partial charge on any atom is 0.261 e. The normalized spacial score (nSPS) is 26.6. The van der Waals surface area contributed by atoms with Gasteiger partial charge >= 0.3 is 0 Å². The Balaban J connectivity index is 1.20. The molecule has 2 saturated carbocycles. The highest BCUT2D eigenvalue weighted by Gasteiger charge is 2.51. The first kappa shape index (κ1) is 30.6. The van der Waals surface area contributed by atoms with Crippen molar-refractivity contribution in [1.29, 1.82) is 0 Å². The third kappa shape index (κ3) is 6.08. The fourth-order valence-electron chi connectivity index (χ4n) is 8.11. The van der Waals surface area contributed by atoms with Crippen LogP contribution >= 0.6 is 0 Å². The largest absolute Gasteiger partial charge is 0.497 e. The van der Waals surface area contributed by atoms with Crippen LogP contribution < -0.4 is 20.9 Å². The summed E-state index contributed by atoms with van der Waals surface area (Å²) in [6.07, 6.45) is 5.90. The van der Waals surface area contributed by atoms with Crippen LogP contribution in [0.1, 0.15) is 52.5 Å². The van der Waals surface area contributed by atoms with Crippen LogP contribution in [-0.2, 0) is 13.0 Å². The summed E-state index contributed by atoms with van der Waals surface area (Å²) >= 11 is 0. The number of nitrogens with zero attached hydrogens (tertiary/aromatic N) is 4. The van der Waals surface area contributed by atoms with Crippen molar-refractivity contribution in [3.63, 3.8) is 0 Å². The van der Waals surface area contributed by atoms with Crippen LogP contribution in [-0.4, -0.2) is 59.7 Å². The summed E-state index contributed by atoms with van der Waals surface area (Å²) in [6, 6.07) is 10.9. The monoisotopic (exact) mass is 602 g/mol. The molecule has 3 fully saturated rings. The van der Waals surface area contributed by atoms with Crippen molar-refractivity contribution < 1.29 is 9.13 Å². The van der Waals surface area contributed by atoms with Crippen molar-refractivity contribution >= 4 is 22.5 Å². The van der Waals surface area contributed by atoms with Crippen molar-refractivity contribution in [2.45, 2.75) is 66.0 Å². The highest BCUT2D eigenvalue weighted by Crippen LogP contribution is 2.58. The summed E-state index contributed by atoms with van der Waals surface area (Å²) in [6.45, 7) is 13.5. The summed E-state index contributed by atoms with van der Waals surface area (Å²) in [4.78, 5) is 25.5. The molecule has 236 valence electrons. The average molecular weight is 603 g/mol. The number of aryl methyl sites for hydroxylation is 2. The maximum absolute atomic E-state index is 14.4. The van der Waals surface area contributed by atoms with Gasteiger partial charge in [0, 0.05) is 50.5 Å². The second-order valence-corrected chi connectivity index (χ2v) is 13.8. The van der Waals surface area contributed by atoms with E-state index in [1.54, 1.807) is 23.0 Å². The van der Waals surface area contributed by atoms with Crippen LogP contribution in [0.4, 0.5) is 10.1 Å². The van der Waals surface area contributed by atoms with E-state index < -0.39 is 0 Å². The molecule has 2 aromatic carbocycles. The van der Waals surface area contributed by atoms with E-state index in [9.17, 15) is 9.18 Å². The Bertz CT molecular complexity index is 1590. The molecule has 2 aliphatic carbocycles.